The average Bonchev–Trinajstić information content (AvgIpc) is 3.52. The van der Waals surface area contributed by atoms with Crippen LogP contribution in [0.25, 0.3) is 15.9 Å². The number of carboxylic acid groups (broad SMARTS) is 1. The third-order valence-electron chi connectivity index (χ3n) is 8.03. The van der Waals surface area contributed by atoms with E-state index in [9.17, 15) is 36.2 Å². The molecule has 0 unspecified atom stereocenters. The maximum atomic E-state index is 14.4. The van der Waals surface area contributed by atoms with Crippen LogP contribution in [-0.2, 0) is 6.18 Å². The van der Waals surface area contributed by atoms with Crippen molar-refractivity contribution < 1.29 is 36.2 Å². The van der Waals surface area contributed by atoms with Crippen LogP contribution in [-0.4, -0.2) is 38.9 Å². The number of piperidine rings is 1. The number of carboxylic acids is 1. The van der Waals surface area contributed by atoms with Crippen LogP contribution in [0.3, 0.4) is 0 Å². The predicted octanol–water partition coefficient (Wildman–Crippen LogP) is 7.44. The zero-order valence-electron chi connectivity index (χ0n) is 20.8. The molecular weight excluding hydrogens is 558 g/mol. The smallest absolute Gasteiger partial charge is 0.418 e. The highest BCUT2D eigenvalue weighted by Crippen LogP contribution is 2.58. The minimum Gasteiger partial charge on any atom is -0.478 e. The lowest BCUT2D eigenvalue weighted by molar-refractivity contribution is -0.137. The molecule has 0 amide bonds. The molecule has 4 aromatic rings. The fraction of sp³-hybridized carbons (Fsp3) is 0.370. The van der Waals surface area contributed by atoms with Crippen LogP contribution >= 0.6 is 11.3 Å². The Morgan fingerprint density at radius 3 is 2.48 bits per heavy atom. The summed E-state index contributed by atoms with van der Waals surface area (Å²) in [5, 5.41) is 13.7. The molecule has 2 fully saturated rings. The molecule has 0 atom stereocenters. The molecule has 1 N–H and O–H groups in total. The normalized spacial score (nSPS) is 17.6. The van der Waals surface area contributed by atoms with Crippen molar-refractivity contribution in [3.05, 3.63) is 70.8 Å². The van der Waals surface area contributed by atoms with E-state index in [2.05, 4.69) is 10.1 Å². The standard InChI is InChI=1S/C27H22F6N4O2S/c28-18-9-14(24(38)39)10-20-21(18)35-25(40-20)36-7-5-26(6-8-36)11-15(12-26)22-16(23(29)30)13-34-37(22)19-4-2-1-3-17(19)27(31,32)33/h1-4,9-10,13,15,23H,5-8,11-12H2,(H,38,39). The fourth-order valence-electron chi connectivity index (χ4n) is 6.03. The molecule has 1 saturated carbocycles. The van der Waals surface area contributed by atoms with E-state index in [1.807, 2.05) is 4.90 Å². The number of thiazole rings is 1. The topological polar surface area (TPSA) is 71.2 Å². The van der Waals surface area contributed by atoms with Crippen molar-refractivity contribution in [2.24, 2.45) is 5.41 Å². The highest BCUT2D eigenvalue weighted by molar-refractivity contribution is 7.22. The fourth-order valence-corrected chi connectivity index (χ4v) is 7.10. The molecule has 2 aliphatic rings. The predicted molar refractivity (Wildman–Crippen MR) is 136 cm³/mol. The number of benzene rings is 2. The van der Waals surface area contributed by atoms with Crippen molar-refractivity contribution in [3.8, 4) is 5.69 Å². The number of alkyl halides is 5. The summed E-state index contributed by atoms with van der Waals surface area (Å²) in [5.41, 5.74) is -1.65. The molecule has 210 valence electrons. The Hall–Kier alpha value is -3.61. The van der Waals surface area contributed by atoms with E-state index in [0.29, 0.717) is 48.6 Å². The van der Waals surface area contributed by atoms with Crippen molar-refractivity contribution in [1.29, 1.82) is 0 Å². The molecule has 1 saturated heterocycles. The lowest BCUT2D eigenvalue weighted by atomic mass is 9.56. The first kappa shape index (κ1) is 26.6. The molecule has 1 aliphatic heterocycles. The van der Waals surface area contributed by atoms with E-state index in [1.165, 1.54) is 35.6 Å². The maximum absolute atomic E-state index is 14.4. The third-order valence-corrected chi connectivity index (χ3v) is 9.10. The van der Waals surface area contributed by atoms with Crippen LogP contribution in [0.1, 0.15) is 65.2 Å². The van der Waals surface area contributed by atoms with Gasteiger partial charge in [0.05, 0.1) is 39.0 Å². The van der Waals surface area contributed by atoms with Crippen molar-refractivity contribution in [3.63, 3.8) is 0 Å². The van der Waals surface area contributed by atoms with E-state index in [1.54, 1.807) is 0 Å². The monoisotopic (exact) mass is 580 g/mol. The van der Waals surface area contributed by atoms with Crippen molar-refractivity contribution >= 4 is 32.7 Å². The first-order valence-corrected chi connectivity index (χ1v) is 13.4. The molecule has 3 heterocycles. The molecule has 2 aromatic carbocycles. The number of anilines is 1. The molecule has 6 rings (SSSR count). The Balaban J connectivity index is 1.21. The van der Waals surface area contributed by atoms with Crippen LogP contribution in [0.4, 0.5) is 31.5 Å². The second-order valence-corrected chi connectivity index (χ2v) is 11.4. The van der Waals surface area contributed by atoms with Crippen LogP contribution in [0, 0.1) is 11.2 Å². The van der Waals surface area contributed by atoms with E-state index in [4.69, 9.17) is 0 Å². The van der Waals surface area contributed by atoms with Crippen molar-refractivity contribution in [2.45, 2.75) is 44.2 Å². The van der Waals surface area contributed by atoms with Crippen molar-refractivity contribution in [1.82, 2.24) is 14.8 Å². The van der Waals surface area contributed by atoms with Gasteiger partial charge in [0.25, 0.3) is 6.43 Å². The Bertz CT molecular complexity index is 1600. The molecule has 40 heavy (non-hydrogen) atoms. The SMILES string of the molecule is O=C(O)c1cc(F)c2nc(N3CCC4(CC3)CC(c3c(C(F)F)cnn3-c3ccccc3C(F)(F)F)C4)sc2c1. The molecule has 0 radical (unpaired) electrons. The summed E-state index contributed by atoms with van der Waals surface area (Å²) in [5.74, 6) is -2.30. The van der Waals surface area contributed by atoms with Gasteiger partial charge in [0.1, 0.15) is 5.52 Å². The van der Waals surface area contributed by atoms with Gasteiger partial charge in [0.2, 0.25) is 0 Å². The van der Waals surface area contributed by atoms with E-state index in [-0.39, 0.29) is 39.4 Å². The van der Waals surface area contributed by atoms with Crippen LogP contribution < -0.4 is 4.90 Å². The summed E-state index contributed by atoms with van der Waals surface area (Å²) >= 11 is 1.21. The van der Waals surface area contributed by atoms with E-state index >= 15 is 0 Å². The Morgan fingerprint density at radius 2 is 1.82 bits per heavy atom. The lowest BCUT2D eigenvalue weighted by Gasteiger charge is -2.52. The van der Waals surface area contributed by atoms with Crippen LogP contribution in [0.2, 0.25) is 0 Å². The highest BCUT2D eigenvalue weighted by Gasteiger charge is 2.49. The van der Waals surface area contributed by atoms with Gasteiger partial charge in [-0.05, 0) is 55.4 Å². The number of aromatic carboxylic acids is 1. The molecule has 13 heteroatoms. The van der Waals surface area contributed by atoms with Gasteiger partial charge < -0.3 is 10.0 Å². The zero-order chi connectivity index (χ0) is 28.4. The van der Waals surface area contributed by atoms with Gasteiger partial charge in [-0.15, -0.1) is 0 Å². The molecule has 1 aliphatic carbocycles. The Morgan fingerprint density at radius 1 is 1.12 bits per heavy atom. The number of rotatable bonds is 5. The number of halogens is 6. The minimum atomic E-state index is -4.67. The number of hydrogen-bond acceptors (Lipinski definition) is 5. The summed E-state index contributed by atoms with van der Waals surface area (Å²) in [7, 11) is 0. The number of fused-ring (bicyclic) bond motifs is 1. The number of nitrogens with zero attached hydrogens (tertiary/aromatic N) is 4. The largest absolute Gasteiger partial charge is 0.478 e. The van der Waals surface area contributed by atoms with Gasteiger partial charge in [-0.25, -0.2) is 27.6 Å². The van der Waals surface area contributed by atoms with E-state index in [0.717, 1.165) is 23.0 Å². The average molecular weight is 581 g/mol. The first-order valence-electron chi connectivity index (χ1n) is 12.6. The zero-order valence-corrected chi connectivity index (χ0v) is 21.6. The van der Waals surface area contributed by atoms with Crippen LogP contribution in [0.15, 0.2) is 42.6 Å². The summed E-state index contributed by atoms with van der Waals surface area (Å²) in [6.07, 6.45) is -4.09. The molecule has 6 nitrogen and oxygen atoms in total. The van der Waals surface area contributed by atoms with E-state index < -0.39 is 30.0 Å². The highest BCUT2D eigenvalue weighted by atomic mass is 32.1. The number of carbonyl (C=O) groups is 1. The summed E-state index contributed by atoms with van der Waals surface area (Å²) in [6, 6.07) is 7.16. The van der Waals surface area contributed by atoms with Gasteiger partial charge in [-0.2, -0.15) is 18.3 Å². The second kappa shape index (κ2) is 9.50. The molecule has 0 bridgehead atoms. The quantitative estimate of drug-likeness (QED) is 0.249. The Kier molecular flexibility index (Phi) is 6.32. The first-order chi connectivity index (χ1) is 19.0. The molecular formula is C27H22F6N4O2S. The summed E-state index contributed by atoms with van der Waals surface area (Å²) < 4.78 is 84.8. The van der Waals surface area contributed by atoms with Gasteiger partial charge >= 0.3 is 12.1 Å². The van der Waals surface area contributed by atoms with Gasteiger partial charge in [-0.1, -0.05) is 23.5 Å². The van der Waals surface area contributed by atoms with Gasteiger partial charge in [0.15, 0.2) is 10.9 Å². The number of para-hydroxylation sites is 1. The summed E-state index contributed by atoms with van der Waals surface area (Å²) in [4.78, 5) is 17.6. The molecule has 1 spiro atoms. The summed E-state index contributed by atoms with van der Waals surface area (Å²) in [6.45, 7) is 1.16. The minimum absolute atomic E-state index is 0.112. The molecule has 2 aromatic heterocycles. The van der Waals surface area contributed by atoms with Crippen molar-refractivity contribution in [2.75, 3.05) is 18.0 Å². The number of hydrogen-bond donors (Lipinski definition) is 1. The third kappa shape index (κ3) is 4.49. The van der Waals surface area contributed by atoms with Gasteiger partial charge in [-0.3, -0.25) is 0 Å². The van der Waals surface area contributed by atoms with Crippen LogP contribution in [0.5, 0.6) is 0 Å². The second-order valence-electron chi connectivity index (χ2n) is 10.4. The van der Waals surface area contributed by atoms with Gasteiger partial charge in [0, 0.05) is 19.0 Å². The lowest BCUT2D eigenvalue weighted by Crippen LogP contribution is -2.47. The Labute approximate surface area is 227 Å². The number of aromatic nitrogens is 3. The maximum Gasteiger partial charge on any atom is 0.418 e.